The van der Waals surface area contributed by atoms with Crippen molar-refractivity contribution in [1.82, 2.24) is 10.2 Å². The summed E-state index contributed by atoms with van der Waals surface area (Å²) in [4.78, 5) is 14.1. The number of carbonyl (C=O) groups excluding carboxylic acids is 1. The van der Waals surface area contributed by atoms with Crippen molar-refractivity contribution in [3.63, 3.8) is 0 Å². The van der Waals surface area contributed by atoms with Crippen molar-refractivity contribution in [2.45, 2.75) is 19.0 Å². The molecular formula is C15H22N2O3S. The fourth-order valence-electron chi connectivity index (χ4n) is 2.31. The van der Waals surface area contributed by atoms with Crippen LogP contribution in [0.25, 0.3) is 0 Å². The normalized spacial score (nSPS) is 18.0. The molecule has 0 saturated carbocycles. The summed E-state index contributed by atoms with van der Waals surface area (Å²) < 4.78 is 5.05. The molecular weight excluding hydrogens is 288 g/mol. The fourth-order valence-corrected chi connectivity index (χ4v) is 3.61. The van der Waals surface area contributed by atoms with Gasteiger partial charge in [0.15, 0.2) is 11.5 Å². The molecule has 0 unspecified atom stereocenters. The lowest BCUT2D eigenvalue weighted by atomic mass is 10.2. The zero-order chi connectivity index (χ0) is 15.2. The Morgan fingerprint density at radius 3 is 3.05 bits per heavy atom. The Morgan fingerprint density at radius 1 is 1.57 bits per heavy atom. The van der Waals surface area contributed by atoms with Gasteiger partial charge in [0.25, 0.3) is 0 Å². The van der Waals surface area contributed by atoms with Gasteiger partial charge in [0.05, 0.1) is 13.7 Å². The van der Waals surface area contributed by atoms with Crippen LogP contribution in [0.5, 0.6) is 11.5 Å². The van der Waals surface area contributed by atoms with Crippen LogP contribution in [0.4, 0.5) is 0 Å². The van der Waals surface area contributed by atoms with E-state index in [0.717, 1.165) is 17.7 Å². The maximum absolute atomic E-state index is 12.0. The highest BCUT2D eigenvalue weighted by Crippen LogP contribution is 2.26. The largest absolute Gasteiger partial charge is 0.504 e. The average Bonchev–Trinajstić information content (AvgIpc) is 3.00. The third-order valence-electron chi connectivity index (χ3n) is 3.66. The molecule has 0 spiro atoms. The molecule has 1 heterocycles. The topological polar surface area (TPSA) is 61.8 Å². The predicted octanol–water partition coefficient (Wildman–Crippen LogP) is 1.45. The second-order valence-electron chi connectivity index (χ2n) is 5.22. The summed E-state index contributed by atoms with van der Waals surface area (Å²) in [6.07, 6.45) is 1.16. The molecule has 1 atom stereocenters. The van der Waals surface area contributed by atoms with E-state index in [0.29, 0.717) is 24.9 Å². The zero-order valence-electron chi connectivity index (χ0n) is 12.5. The number of hydrogen-bond donors (Lipinski definition) is 2. The molecule has 21 heavy (non-hydrogen) atoms. The van der Waals surface area contributed by atoms with Crippen molar-refractivity contribution in [2.24, 2.45) is 0 Å². The van der Waals surface area contributed by atoms with E-state index in [9.17, 15) is 9.90 Å². The van der Waals surface area contributed by atoms with Crippen LogP contribution < -0.4 is 10.1 Å². The number of rotatable bonds is 6. The number of likely N-dealkylation sites (N-methyl/N-ethyl adjacent to an activating group) is 1. The monoisotopic (exact) mass is 310 g/mol. The van der Waals surface area contributed by atoms with Gasteiger partial charge in [-0.1, -0.05) is 6.07 Å². The van der Waals surface area contributed by atoms with E-state index >= 15 is 0 Å². The summed E-state index contributed by atoms with van der Waals surface area (Å²) in [7, 11) is 3.51. The summed E-state index contributed by atoms with van der Waals surface area (Å²) >= 11 is 1.94. The van der Waals surface area contributed by atoms with Crippen molar-refractivity contribution in [3.8, 4) is 11.5 Å². The Labute approximate surface area is 129 Å². The first-order chi connectivity index (χ1) is 10.1. The number of benzene rings is 1. The van der Waals surface area contributed by atoms with Gasteiger partial charge in [-0.25, -0.2) is 0 Å². The smallest absolute Gasteiger partial charge is 0.234 e. The Morgan fingerprint density at radius 2 is 2.38 bits per heavy atom. The average molecular weight is 310 g/mol. The highest BCUT2D eigenvalue weighted by atomic mass is 32.2. The molecule has 0 aliphatic carbocycles. The van der Waals surface area contributed by atoms with Gasteiger partial charge in [-0.05, 0) is 36.9 Å². The van der Waals surface area contributed by atoms with Gasteiger partial charge in [0, 0.05) is 18.3 Å². The summed E-state index contributed by atoms with van der Waals surface area (Å²) in [6.45, 7) is 0.850. The molecule has 1 aliphatic rings. The van der Waals surface area contributed by atoms with Gasteiger partial charge in [0.2, 0.25) is 5.91 Å². The lowest BCUT2D eigenvalue weighted by molar-refractivity contribution is -0.122. The highest BCUT2D eigenvalue weighted by Gasteiger charge is 2.21. The first-order valence-electron chi connectivity index (χ1n) is 7.00. The number of amides is 1. The third kappa shape index (κ3) is 4.54. The van der Waals surface area contributed by atoms with Gasteiger partial charge in [-0.15, -0.1) is 0 Å². The highest BCUT2D eigenvalue weighted by molar-refractivity contribution is 7.99. The number of phenolic OH excluding ortho intramolecular Hbond substituents is 1. The lowest BCUT2D eigenvalue weighted by Crippen LogP contribution is -2.40. The first kappa shape index (κ1) is 16.0. The molecule has 5 nitrogen and oxygen atoms in total. The van der Waals surface area contributed by atoms with Crippen molar-refractivity contribution >= 4 is 17.7 Å². The summed E-state index contributed by atoms with van der Waals surface area (Å²) in [5, 5.41) is 12.4. The van der Waals surface area contributed by atoms with E-state index in [4.69, 9.17) is 4.74 Å². The molecule has 1 aromatic carbocycles. The molecule has 1 fully saturated rings. The molecule has 1 aromatic rings. The zero-order valence-corrected chi connectivity index (χ0v) is 13.3. The van der Waals surface area contributed by atoms with Gasteiger partial charge >= 0.3 is 0 Å². The van der Waals surface area contributed by atoms with E-state index in [2.05, 4.69) is 10.2 Å². The van der Waals surface area contributed by atoms with Crippen LogP contribution in [0, 0.1) is 0 Å². The number of nitrogens with zero attached hydrogens (tertiary/aromatic N) is 1. The summed E-state index contributed by atoms with van der Waals surface area (Å²) in [6, 6.07) is 5.58. The fraction of sp³-hybridized carbons (Fsp3) is 0.533. The molecule has 0 bridgehead atoms. The predicted molar refractivity (Wildman–Crippen MR) is 84.9 cm³/mol. The Balaban J connectivity index is 1.80. The van der Waals surface area contributed by atoms with Crippen LogP contribution in [0.1, 0.15) is 12.0 Å². The van der Waals surface area contributed by atoms with E-state index in [-0.39, 0.29) is 11.7 Å². The maximum atomic E-state index is 12.0. The second-order valence-corrected chi connectivity index (χ2v) is 6.37. The standard InChI is InChI=1S/C15H22N2O3S/c1-17(12-5-6-21-10-12)9-15(19)16-8-11-3-4-13(18)14(7-11)20-2/h3-4,7,12,18H,5-6,8-10H2,1-2H3,(H,16,19)/t12-/m1/s1. The van der Waals surface area contributed by atoms with Crippen LogP contribution in [0.3, 0.4) is 0 Å². The van der Waals surface area contributed by atoms with E-state index in [1.165, 1.54) is 12.9 Å². The van der Waals surface area contributed by atoms with Gasteiger partial charge < -0.3 is 15.2 Å². The van der Waals surface area contributed by atoms with Crippen molar-refractivity contribution in [1.29, 1.82) is 0 Å². The van der Waals surface area contributed by atoms with Gasteiger partial charge in [-0.3, -0.25) is 9.69 Å². The minimum absolute atomic E-state index is 0.0152. The SMILES string of the molecule is COc1cc(CNC(=O)CN(C)[C@@H]2CCSC2)ccc1O. The molecule has 6 heteroatoms. The molecule has 0 radical (unpaired) electrons. The van der Waals surface area contributed by atoms with Gasteiger partial charge in [0.1, 0.15) is 0 Å². The number of nitrogens with one attached hydrogen (secondary N) is 1. The number of hydrogen-bond acceptors (Lipinski definition) is 5. The maximum Gasteiger partial charge on any atom is 0.234 e. The van der Waals surface area contributed by atoms with Crippen LogP contribution in [0.2, 0.25) is 0 Å². The van der Waals surface area contributed by atoms with Crippen LogP contribution in [0.15, 0.2) is 18.2 Å². The van der Waals surface area contributed by atoms with Crippen LogP contribution in [-0.2, 0) is 11.3 Å². The Hall–Kier alpha value is -1.40. The number of aromatic hydroxyl groups is 1. The first-order valence-corrected chi connectivity index (χ1v) is 8.16. The number of methoxy groups -OCH3 is 1. The Kier molecular flexibility index (Phi) is 5.76. The molecule has 2 N–H and O–H groups in total. The van der Waals surface area contributed by atoms with Crippen LogP contribution >= 0.6 is 11.8 Å². The minimum atomic E-state index is 0.0152. The Bertz CT molecular complexity index is 490. The van der Waals surface area contributed by atoms with E-state index < -0.39 is 0 Å². The van der Waals surface area contributed by atoms with Gasteiger partial charge in [-0.2, -0.15) is 11.8 Å². The van der Waals surface area contributed by atoms with Crippen LogP contribution in [-0.4, -0.2) is 54.2 Å². The number of phenols is 1. The minimum Gasteiger partial charge on any atom is -0.504 e. The molecule has 1 aliphatic heterocycles. The lowest BCUT2D eigenvalue weighted by Gasteiger charge is -2.22. The second kappa shape index (κ2) is 7.56. The van der Waals surface area contributed by atoms with E-state index in [1.54, 1.807) is 18.2 Å². The summed E-state index contributed by atoms with van der Waals surface area (Å²) in [5.41, 5.74) is 0.900. The van der Waals surface area contributed by atoms with Crippen molar-refractivity contribution < 1.29 is 14.6 Å². The summed E-state index contributed by atoms with van der Waals surface area (Å²) in [5.74, 6) is 2.83. The number of ether oxygens (including phenoxy) is 1. The number of thioether (sulfide) groups is 1. The third-order valence-corrected chi connectivity index (χ3v) is 4.80. The molecule has 2 rings (SSSR count). The van der Waals surface area contributed by atoms with E-state index in [1.807, 2.05) is 18.8 Å². The molecule has 116 valence electrons. The quantitative estimate of drug-likeness (QED) is 0.833. The molecule has 0 aromatic heterocycles. The molecule has 1 saturated heterocycles. The van der Waals surface area contributed by atoms with Crippen molar-refractivity contribution in [3.05, 3.63) is 23.8 Å². The van der Waals surface area contributed by atoms with Crippen molar-refractivity contribution in [2.75, 3.05) is 32.2 Å². The molecule has 1 amide bonds. The number of carbonyl (C=O) groups is 1.